The fourth-order valence-corrected chi connectivity index (χ4v) is 5.65. The maximum atomic E-state index is 14.3. The van der Waals surface area contributed by atoms with E-state index in [1.165, 1.54) is 0 Å². The van der Waals surface area contributed by atoms with Crippen molar-refractivity contribution in [3.8, 4) is 16.9 Å². The van der Waals surface area contributed by atoms with Gasteiger partial charge in [-0.05, 0) is 72.3 Å². The molecule has 0 unspecified atom stereocenters. The number of hydrogen-bond acceptors (Lipinski definition) is 5. The zero-order chi connectivity index (χ0) is 31.8. The molecule has 0 fully saturated rings. The van der Waals surface area contributed by atoms with E-state index in [9.17, 15) is 9.59 Å². The quantitative estimate of drug-likeness (QED) is 0.163. The SMILES string of the molecule is CCCN(C(=O)Nc1c(C(C)C)cccc1C(C)C)c1c(-c2cccc(OCCN(CC)CC)c2)c2cccnc2[nH]c1=O. The van der Waals surface area contributed by atoms with Gasteiger partial charge in [0.2, 0.25) is 0 Å². The Kier molecular flexibility index (Phi) is 11.2. The molecule has 2 aromatic heterocycles. The number of anilines is 2. The molecular weight excluding hydrogens is 550 g/mol. The van der Waals surface area contributed by atoms with Crippen molar-refractivity contribution in [3.05, 3.63) is 82.3 Å². The van der Waals surface area contributed by atoms with Crippen molar-refractivity contribution in [1.29, 1.82) is 0 Å². The third-order valence-corrected chi connectivity index (χ3v) is 8.02. The molecule has 8 heteroatoms. The van der Waals surface area contributed by atoms with Crippen LogP contribution in [0.2, 0.25) is 0 Å². The molecule has 0 saturated carbocycles. The van der Waals surface area contributed by atoms with E-state index in [1.54, 1.807) is 11.1 Å². The van der Waals surface area contributed by atoms with Gasteiger partial charge < -0.3 is 19.9 Å². The molecule has 2 N–H and O–H groups in total. The lowest BCUT2D eigenvalue weighted by molar-refractivity contribution is 0.223. The van der Waals surface area contributed by atoms with Crippen LogP contribution in [0.15, 0.2) is 65.6 Å². The number of likely N-dealkylation sites (N-methyl/N-ethyl adjacent to an activating group) is 1. The van der Waals surface area contributed by atoms with Gasteiger partial charge in [-0.15, -0.1) is 0 Å². The highest BCUT2D eigenvalue weighted by Crippen LogP contribution is 2.37. The Hall–Kier alpha value is -4.17. The molecule has 8 nitrogen and oxygen atoms in total. The first-order valence-electron chi connectivity index (χ1n) is 15.9. The molecule has 0 aliphatic carbocycles. The van der Waals surface area contributed by atoms with Gasteiger partial charge in [-0.2, -0.15) is 0 Å². The number of nitrogens with zero attached hydrogens (tertiary/aromatic N) is 3. The highest BCUT2D eigenvalue weighted by molar-refractivity contribution is 6.09. The fraction of sp³-hybridized carbons (Fsp3) is 0.417. The van der Waals surface area contributed by atoms with E-state index in [4.69, 9.17) is 4.74 Å². The lowest BCUT2D eigenvalue weighted by Gasteiger charge is -2.27. The highest BCUT2D eigenvalue weighted by atomic mass is 16.5. The van der Waals surface area contributed by atoms with Crippen LogP contribution in [-0.2, 0) is 0 Å². The summed E-state index contributed by atoms with van der Waals surface area (Å²) in [5, 5.41) is 3.98. The fourth-order valence-electron chi connectivity index (χ4n) is 5.65. The average Bonchev–Trinajstić information content (AvgIpc) is 3.01. The summed E-state index contributed by atoms with van der Waals surface area (Å²) >= 11 is 0. The summed E-state index contributed by atoms with van der Waals surface area (Å²) < 4.78 is 6.15. The standard InChI is InChI=1S/C36H47N5O3/c1-8-20-41(36(43)38-32-28(24(4)5)16-12-17-29(32)25(6)7)33-31(30-18-13-19-37-34(30)39-35(33)42)26-14-11-15-27(23-26)44-22-21-40(9-2)10-3/h11-19,23-25H,8-10,20-22H2,1-7H3,(H,38,43)(H,37,39,42). The lowest BCUT2D eigenvalue weighted by atomic mass is 9.92. The number of hydrogen-bond donors (Lipinski definition) is 2. The monoisotopic (exact) mass is 597 g/mol. The van der Waals surface area contributed by atoms with Crippen LogP contribution >= 0.6 is 0 Å². The number of nitrogens with one attached hydrogen (secondary N) is 2. The first kappa shape index (κ1) is 32.7. The molecule has 0 aliphatic heterocycles. The maximum absolute atomic E-state index is 14.3. The normalized spacial score (nSPS) is 11.5. The smallest absolute Gasteiger partial charge is 0.326 e. The highest BCUT2D eigenvalue weighted by Gasteiger charge is 2.27. The molecule has 2 amide bonds. The minimum atomic E-state index is -0.371. The zero-order valence-corrected chi connectivity index (χ0v) is 27.2. The minimum absolute atomic E-state index is 0.207. The zero-order valence-electron chi connectivity index (χ0n) is 27.2. The van der Waals surface area contributed by atoms with E-state index in [1.807, 2.05) is 49.4 Å². The van der Waals surface area contributed by atoms with Crippen LogP contribution in [0.4, 0.5) is 16.2 Å². The molecule has 0 aliphatic rings. The molecule has 0 bridgehead atoms. The summed E-state index contributed by atoms with van der Waals surface area (Å²) in [4.78, 5) is 39.4. The number of urea groups is 1. The molecule has 4 rings (SSSR count). The molecule has 4 aromatic rings. The summed E-state index contributed by atoms with van der Waals surface area (Å²) in [5.41, 5.74) is 4.75. The van der Waals surface area contributed by atoms with Gasteiger partial charge in [-0.3, -0.25) is 9.69 Å². The predicted molar refractivity (Wildman–Crippen MR) is 182 cm³/mol. The molecule has 0 radical (unpaired) electrons. The van der Waals surface area contributed by atoms with Crippen molar-refractivity contribution >= 4 is 28.4 Å². The Labute approximate surface area is 261 Å². The molecule has 0 spiro atoms. The van der Waals surface area contributed by atoms with Crippen molar-refractivity contribution in [2.24, 2.45) is 0 Å². The minimum Gasteiger partial charge on any atom is -0.492 e. The van der Waals surface area contributed by atoms with Gasteiger partial charge in [-0.25, -0.2) is 9.78 Å². The van der Waals surface area contributed by atoms with E-state index in [-0.39, 0.29) is 23.4 Å². The number of aromatic nitrogens is 2. The number of pyridine rings is 2. The number of amides is 2. The summed E-state index contributed by atoms with van der Waals surface area (Å²) in [6.07, 6.45) is 2.32. The van der Waals surface area contributed by atoms with Gasteiger partial charge in [0, 0.05) is 35.9 Å². The van der Waals surface area contributed by atoms with Crippen LogP contribution in [0.1, 0.15) is 77.8 Å². The number of carbonyl (C=O) groups is 1. The van der Waals surface area contributed by atoms with Crippen LogP contribution < -0.4 is 20.5 Å². The van der Waals surface area contributed by atoms with Crippen molar-refractivity contribution in [2.45, 2.75) is 66.7 Å². The Morgan fingerprint density at radius 2 is 1.61 bits per heavy atom. The van der Waals surface area contributed by atoms with E-state index in [0.717, 1.165) is 47.4 Å². The van der Waals surface area contributed by atoms with Crippen LogP contribution in [0.5, 0.6) is 5.75 Å². The number of ether oxygens (including phenoxy) is 1. The van der Waals surface area contributed by atoms with Gasteiger partial charge in [-0.1, -0.05) is 78.8 Å². The van der Waals surface area contributed by atoms with Crippen LogP contribution in [0, 0.1) is 0 Å². The average molecular weight is 598 g/mol. The number of aromatic amines is 1. The Morgan fingerprint density at radius 3 is 2.25 bits per heavy atom. The second-order valence-corrected chi connectivity index (χ2v) is 11.7. The van der Waals surface area contributed by atoms with Crippen LogP contribution in [-0.4, -0.2) is 53.7 Å². The van der Waals surface area contributed by atoms with Crippen molar-refractivity contribution in [1.82, 2.24) is 14.9 Å². The van der Waals surface area contributed by atoms with Crippen LogP contribution in [0.25, 0.3) is 22.2 Å². The third-order valence-electron chi connectivity index (χ3n) is 8.02. The van der Waals surface area contributed by atoms with Gasteiger partial charge in [0.1, 0.15) is 23.7 Å². The summed E-state index contributed by atoms with van der Waals surface area (Å²) in [5.74, 6) is 1.12. The third kappa shape index (κ3) is 7.30. The van der Waals surface area contributed by atoms with Gasteiger partial charge >= 0.3 is 6.03 Å². The number of fused-ring (bicyclic) bond motifs is 1. The van der Waals surface area contributed by atoms with Gasteiger partial charge in [0.25, 0.3) is 5.56 Å². The maximum Gasteiger partial charge on any atom is 0.326 e. The lowest BCUT2D eigenvalue weighted by Crippen LogP contribution is -2.40. The van der Waals surface area contributed by atoms with E-state index in [2.05, 4.69) is 73.9 Å². The number of para-hydroxylation sites is 1. The summed E-state index contributed by atoms with van der Waals surface area (Å²) in [6, 6.07) is 17.3. The number of H-pyrrole nitrogens is 1. The van der Waals surface area contributed by atoms with Crippen molar-refractivity contribution < 1.29 is 9.53 Å². The van der Waals surface area contributed by atoms with E-state index in [0.29, 0.717) is 42.2 Å². The molecule has 234 valence electrons. The van der Waals surface area contributed by atoms with E-state index < -0.39 is 0 Å². The number of rotatable bonds is 13. The van der Waals surface area contributed by atoms with Crippen molar-refractivity contribution in [2.75, 3.05) is 43.0 Å². The second-order valence-electron chi connectivity index (χ2n) is 11.7. The first-order valence-corrected chi connectivity index (χ1v) is 15.9. The Balaban J connectivity index is 1.83. The summed E-state index contributed by atoms with van der Waals surface area (Å²) in [7, 11) is 0. The van der Waals surface area contributed by atoms with E-state index >= 15 is 0 Å². The molecule has 0 atom stereocenters. The van der Waals surface area contributed by atoms with Gasteiger partial charge in [0.05, 0.1) is 0 Å². The molecule has 2 heterocycles. The van der Waals surface area contributed by atoms with Gasteiger partial charge in [0.15, 0.2) is 0 Å². The Bertz CT molecular complexity index is 1600. The van der Waals surface area contributed by atoms with Crippen molar-refractivity contribution in [3.63, 3.8) is 0 Å². The first-order chi connectivity index (χ1) is 21.2. The predicted octanol–water partition coefficient (Wildman–Crippen LogP) is 8.01. The molecule has 2 aromatic carbocycles. The number of carbonyl (C=O) groups excluding carboxylic acids is 1. The molecular formula is C36H47N5O3. The summed E-state index contributed by atoms with van der Waals surface area (Å²) in [6.45, 7) is 18.4. The van der Waals surface area contributed by atoms with Crippen LogP contribution in [0.3, 0.4) is 0 Å². The molecule has 0 saturated heterocycles. The Morgan fingerprint density at radius 1 is 0.932 bits per heavy atom. The molecule has 44 heavy (non-hydrogen) atoms. The second kappa shape index (κ2) is 15.0. The largest absolute Gasteiger partial charge is 0.492 e. The topological polar surface area (TPSA) is 90.6 Å². The number of benzene rings is 2.